The third kappa shape index (κ3) is 4.64. The van der Waals surface area contributed by atoms with Crippen molar-refractivity contribution >= 4 is 34.5 Å². The first-order valence-electron chi connectivity index (χ1n) is 8.53. The van der Waals surface area contributed by atoms with Crippen molar-refractivity contribution in [2.45, 2.75) is 6.42 Å². The van der Waals surface area contributed by atoms with E-state index in [4.69, 9.17) is 4.74 Å². The predicted octanol–water partition coefficient (Wildman–Crippen LogP) is 3.03. The highest BCUT2D eigenvalue weighted by molar-refractivity contribution is 6.05. The number of hydrogen-bond acceptors (Lipinski definition) is 5. The Morgan fingerprint density at radius 2 is 1.79 bits per heavy atom. The van der Waals surface area contributed by atoms with Crippen molar-refractivity contribution in [2.24, 2.45) is 5.10 Å². The maximum atomic E-state index is 11.9. The molecule has 0 unspecified atom stereocenters. The van der Waals surface area contributed by atoms with Crippen LogP contribution in [0.3, 0.4) is 0 Å². The smallest absolute Gasteiger partial charge is 0.249 e. The van der Waals surface area contributed by atoms with E-state index in [0.29, 0.717) is 17.0 Å². The van der Waals surface area contributed by atoms with Crippen molar-refractivity contribution in [3.8, 4) is 11.5 Å². The summed E-state index contributed by atoms with van der Waals surface area (Å²) >= 11 is 0. The molecular weight excluding hydrogens is 358 g/mol. The summed E-state index contributed by atoms with van der Waals surface area (Å²) in [6.45, 7) is 0. The van der Waals surface area contributed by atoms with Crippen molar-refractivity contribution in [3.05, 3.63) is 66.2 Å². The maximum Gasteiger partial charge on any atom is 0.249 e. The average molecular weight is 377 g/mol. The molecule has 0 fully saturated rings. The van der Waals surface area contributed by atoms with Crippen molar-refractivity contribution < 1.29 is 19.4 Å². The first-order chi connectivity index (χ1) is 13.6. The number of nitrogens with zero attached hydrogens (tertiary/aromatic N) is 1. The van der Waals surface area contributed by atoms with Gasteiger partial charge in [0.1, 0.15) is 17.9 Å². The number of ether oxygens (including phenoxy) is 1. The van der Waals surface area contributed by atoms with Crippen LogP contribution in [0.4, 0.5) is 5.69 Å². The minimum Gasteiger partial charge on any atom is -0.507 e. The second-order valence-corrected chi connectivity index (χ2v) is 5.97. The Bertz CT molecular complexity index is 1030. The van der Waals surface area contributed by atoms with Gasteiger partial charge in [-0.05, 0) is 41.1 Å². The second-order valence-electron chi connectivity index (χ2n) is 5.97. The Hall–Kier alpha value is -3.87. The van der Waals surface area contributed by atoms with E-state index in [1.807, 2.05) is 24.3 Å². The molecule has 142 valence electrons. The molecule has 0 aliphatic rings. The van der Waals surface area contributed by atoms with Crippen molar-refractivity contribution in [1.29, 1.82) is 0 Å². The summed E-state index contributed by atoms with van der Waals surface area (Å²) < 4.78 is 5.04. The number of phenols is 1. The zero-order chi connectivity index (χ0) is 19.9. The van der Waals surface area contributed by atoms with Gasteiger partial charge in [0.25, 0.3) is 0 Å². The minimum atomic E-state index is -0.568. The summed E-state index contributed by atoms with van der Waals surface area (Å²) in [4.78, 5) is 23.9. The number of carbonyl (C=O) groups is 2. The largest absolute Gasteiger partial charge is 0.507 e. The van der Waals surface area contributed by atoms with E-state index in [0.717, 1.165) is 10.8 Å². The lowest BCUT2D eigenvalue weighted by atomic mass is 10.0. The molecule has 3 aromatic carbocycles. The number of nitrogens with one attached hydrogen (secondary N) is 2. The molecule has 3 rings (SSSR count). The molecule has 7 heteroatoms. The van der Waals surface area contributed by atoms with Crippen LogP contribution in [0.1, 0.15) is 12.0 Å². The van der Waals surface area contributed by atoms with Gasteiger partial charge in [0.05, 0.1) is 13.3 Å². The van der Waals surface area contributed by atoms with E-state index in [2.05, 4.69) is 15.8 Å². The Kier molecular flexibility index (Phi) is 5.86. The molecular formula is C21H19N3O4. The van der Waals surface area contributed by atoms with Crippen LogP contribution in [-0.2, 0) is 9.59 Å². The highest BCUT2D eigenvalue weighted by Crippen LogP contribution is 2.25. The minimum absolute atomic E-state index is 0.0500. The number of carbonyl (C=O) groups excluding carboxylic acids is 2. The summed E-state index contributed by atoms with van der Waals surface area (Å²) in [5.74, 6) is -0.316. The lowest BCUT2D eigenvalue weighted by Gasteiger charge is -2.06. The van der Waals surface area contributed by atoms with Gasteiger partial charge in [0, 0.05) is 11.3 Å². The van der Waals surface area contributed by atoms with Crippen molar-refractivity contribution in [2.75, 3.05) is 12.4 Å². The van der Waals surface area contributed by atoms with Crippen LogP contribution in [0, 0.1) is 0 Å². The molecule has 0 radical (unpaired) electrons. The zero-order valence-electron chi connectivity index (χ0n) is 15.2. The molecule has 0 spiro atoms. The van der Waals surface area contributed by atoms with E-state index in [1.54, 1.807) is 43.5 Å². The molecule has 0 bridgehead atoms. The Labute approximate surface area is 161 Å². The normalized spacial score (nSPS) is 10.8. The highest BCUT2D eigenvalue weighted by Gasteiger charge is 2.09. The van der Waals surface area contributed by atoms with Crippen LogP contribution < -0.4 is 15.5 Å². The number of hydrogen-bond donors (Lipinski definition) is 3. The Morgan fingerprint density at radius 3 is 2.54 bits per heavy atom. The number of rotatable bonds is 6. The lowest BCUT2D eigenvalue weighted by molar-refractivity contribution is -0.126. The van der Waals surface area contributed by atoms with Gasteiger partial charge in [-0.1, -0.05) is 30.3 Å². The fourth-order valence-corrected chi connectivity index (χ4v) is 2.65. The molecule has 7 nitrogen and oxygen atoms in total. The summed E-state index contributed by atoms with van der Waals surface area (Å²) in [6, 6.07) is 17.6. The fraction of sp³-hybridized carbons (Fsp3) is 0.0952. The topological polar surface area (TPSA) is 100 Å². The van der Waals surface area contributed by atoms with Gasteiger partial charge >= 0.3 is 0 Å². The molecule has 0 aliphatic carbocycles. The number of hydrazone groups is 1. The standard InChI is InChI=1S/C21H19N3O4/c1-28-16-9-7-15(8-10-16)23-20(26)12-21(27)24-22-13-18-17-5-3-2-4-14(17)6-11-19(18)25/h2-11,13,25H,12H2,1H3,(H,23,26)(H,24,27). The number of amides is 2. The fourth-order valence-electron chi connectivity index (χ4n) is 2.65. The molecule has 0 saturated heterocycles. The molecule has 2 amide bonds. The van der Waals surface area contributed by atoms with Gasteiger partial charge in [0.2, 0.25) is 11.8 Å². The molecule has 0 atom stereocenters. The number of anilines is 1. The van der Waals surface area contributed by atoms with E-state index >= 15 is 0 Å². The molecule has 0 aliphatic heterocycles. The second kappa shape index (κ2) is 8.68. The van der Waals surface area contributed by atoms with Gasteiger partial charge in [0.15, 0.2) is 0 Å². The number of benzene rings is 3. The van der Waals surface area contributed by atoms with E-state index in [-0.39, 0.29) is 12.2 Å². The van der Waals surface area contributed by atoms with E-state index in [9.17, 15) is 14.7 Å². The van der Waals surface area contributed by atoms with Crippen LogP contribution in [0.2, 0.25) is 0 Å². The van der Waals surface area contributed by atoms with Crippen LogP contribution >= 0.6 is 0 Å². The molecule has 0 heterocycles. The molecule has 3 aromatic rings. The maximum absolute atomic E-state index is 11.9. The first-order valence-corrected chi connectivity index (χ1v) is 8.53. The zero-order valence-corrected chi connectivity index (χ0v) is 15.2. The van der Waals surface area contributed by atoms with Crippen LogP contribution in [-0.4, -0.2) is 30.2 Å². The predicted molar refractivity (Wildman–Crippen MR) is 108 cm³/mol. The van der Waals surface area contributed by atoms with E-state index in [1.165, 1.54) is 6.21 Å². The molecule has 3 N–H and O–H groups in total. The van der Waals surface area contributed by atoms with Crippen LogP contribution in [0.5, 0.6) is 11.5 Å². The summed E-state index contributed by atoms with van der Waals surface area (Å²) in [5, 5.41) is 18.3. The molecule has 28 heavy (non-hydrogen) atoms. The van der Waals surface area contributed by atoms with Gasteiger partial charge in [-0.15, -0.1) is 0 Å². The van der Waals surface area contributed by atoms with Gasteiger partial charge in [-0.3, -0.25) is 9.59 Å². The van der Waals surface area contributed by atoms with Crippen molar-refractivity contribution in [3.63, 3.8) is 0 Å². The quantitative estimate of drug-likeness (QED) is 0.349. The number of phenolic OH excluding ortho intramolecular Hbond substituents is 1. The summed E-state index contributed by atoms with van der Waals surface area (Å²) in [6.07, 6.45) is 0.974. The average Bonchev–Trinajstić information content (AvgIpc) is 2.70. The molecule has 0 aromatic heterocycles. The number of methoxy groups -OCH3 is 1. The van der Waals surface area contributed by atoms with Gasteiger partial charge in [-0.25, -0.2) is 5.43 Å². The lowest BCUT2D eigenvalue weighted by Crippen LogP contribution is -2.24. The van der Waals surface area contributed by atoms with Crippen molar-refractivity contribution in [1.82, 2.24) is 5.43 Å². The third-order valence-electron chi connectivity index (χ3n) is 4.03. The monoisotopic (exact) mass is 377 g/mol. The van der Waals surface area contributed by atoms with Crippen LogP contribution in [0.15, 0.2) is 65.8 Å². The molecule has 0 saturated carbocycles. The third-order valence-corrected chi connectivity index (χ3v) is 4.03. The van der Waals surface area contributed by atoms with E-state index < -0.39 is 11.8 Å². The Morgan fingerprint density at radius 1 is 1.04 bits per heavy atom. The van der Waals surface area contributed by atoms with Gasteiger partial charge in [-0.2, -0.15) is 5.10 Å². The summed E-state index contributed by atoms with van der Waals surface area (Å²) in [7, 11) is 1.55. The highest BCUT2D eigenvalue weighted by atomic mass is 16.5. The summed E-state index contributed by atoms with van der Waals surface area (Å²) in [5.41, 5.74) is 3.34. The first kappa shape index (κ1) is 18.9. The number of fused-ring (bicyclic) bond motifs is 1. The number of aromatic hydroxyl groups is 1. The Balaban J connectivity index is 1.58. The SMILES string of the molecule is COc1ccc(NC(=O)CC(=O)NN=Cc2c(O)ccc3ccccc23)cc1. The van der Waals surface area contributed by atoms with Crippen LogP contribution in [0.25, 0.3) is 10.8 Å². The van der Waals surface area contributed by atoms with Gasteiger partial charge < -0.3 is 15.2 Å².